The van der Waals surface area contributed by atoms with Gasteiger partial charge in [0.05, 0.1) is 5.56 Å². The lowest BCUT2D eigenvalue weighted by molar-refractivity contribution is -0.137. The van der Waals surface area contributed by atoms with E-state index in [0.29, 0.717) is 13.1 Å². The molecular weight excluding hydrogens is 251 g/mol. The summed E-state index contributed by atoms with van der Waals surface area (Å²) in [5.74, 6) is 0. The number of alkyl halides is 3. The highest BCUT2D eigenvalue weighted by molar-refractivity contribution is 5.85. The minimum atomic E-state index is -4.25. The molecule has 0 saturated carbocycles. The van der Waals surface area contributed by atoms with Gasteiger partial charge in [-0.15, -0.1) is 12.4 Å². The SMILES string of the molecule is CC1(C)CNCc2ccc(C(F)(F)F)cc21.Cl. The van der Waals surface area contributed by atoms with Gasteiger partial charge in [-0.05, 0) is 23.3 Å². The molecule has 0 aromatic heterocycles. The molecule has 0 fully saturated rings. The quantitative estimate of drug-likeness (QED) is 0.757. The van der Waals surface area contributed by atoms with E-state index in [0.717, 1.165) is 17.2 Å². The molecule has 1 heterocycles. The van der Waals surface area contributed by atoms with Crippen LogP contribution in [0.4, 0.5) is 13.2 Å². The number of nitrogens with one attached hydrogen (secondary N) is 1. The van der Waals surface area contributed by atoms with E-state index in [1.54, 1.807) is 6.07 Å². The summed E-state index contributed by atoms with van der Waals surface area (Å²) in [6.45, 7) is 5.27. The zero-order chi connectivity index (χ0) is 12.0. The number of halogens is 4. The summed E-state index contributed by atoms with van der Waals surface area (Å²) in [4.78, 5) is 0. The molecule has 1 N–H and O–H groups in total. The van der Waals surface area contributed by atoms with E-state index in [9.17, 15) is 13.2 Å². The Bertz CT molecular complexity index is 413. The average Bonchev–Trinajstić information content (AvgIpc) is 2.15. The monoisotopic (exact) mass is 265 g/mol. The first-order chi connectivity index (χ1) is 7.31. The highest BCUT2D eigenvalue weighted by Gasteiger charge is 2.34. The molecule has 17 heavy (non-hydrogen) atoms. The Labute approximate surface area is 105 Å². The van der Waals surface area contributed by atoms with Crippen molar-refractivity contribution in [3.63, 3.8) is 0 Å². The van der Waals surface area contributed by atoms with Crippen LogP contribution in [0.3, 0.4) is 0 Å². The maximum Gasteiger partial charge on any atom is 0.416 e. The Morgan fingerprint density at radius 1 is 1.24 bits per heavy atom. The van der Waals surface area contributed by atoms with Crippen LogP contribution in [0.2, 0.25) is 0 Å². The third-order valence-electron chi connectivity index (χ3n) is 3.05. The van der Waals surface area contributed by atoms with E-state index < -0.39 is 11.7 Å². The highest BCUT2D eigenvalue weighted by Crippen LogP contribution is 2.35. The third kappa shape index (κ3) is 2.75. The second-order valence-electron chi connectivity index (χ2n) is 4.86. The minimum Gasteiger partial charge on any atom is -0.312 e. The first-order valence-electron chi connectivity index (χ1n) is 5.22. The lowest BCUT2D eigenvalue weighted by Crippen LogP contribution is -2.38. The topological polar surface area (TPSA) is 12.0 Å². The zero-order valence-corrected chi connectivity index (χ0v) is 10.5. The summed E-state index contributed by atoms with van der Waals surface area (Å²) in [5, 5.41) is 3.21. The molecule has 0 radical (unpaired) electrons. The Morgan fingerprint density at radius 2 is 1.88 bits per heavy atom. The second-order valence-corrected chi connectivity index (χ2v) is 4.86. The van der Waals surface area contributed by atoms with Gasteiger partial charge < -0.3 is 5.32 Å². The fraction of sp³-hybridized carbons (Fsp3) is 0.500. The van der Waals surface area contributed by atoms with Crippen molar-refractivity contribution in [2.45, 2.75) is 32.0 Å². The number of rotatable bonds is 0. The van der Waals surface area contributed by atoms with E-state index in [1.165, 1.54) is 6.07 Å². The Kier molecular flexibility index (Phi) is 3.79. The van der Waals surface area contributed by atoms with Crippen LogP contribution in [0.1, 0.15) is 30.5 Å². The van der Waals surface area contributed by atoms with E-state index >= 15 is 0 Å². The molecule has 0 bridgehead atoms. The Balaban J connectivity index is 0.00000144. The van der Waals surface area contributed by atoms with Crippen LogP contribution in [0.25, 0.3) is 0 Å². The van der Waals surface area contributed by atoms with Gasteiger partial charge >= 0.3 is 6.18 Å². The van der Waals surface area contributed by atoms with Crippen LogP contribution in [-0.4, -0.2) is 6.54 Å². The fourth-order valence-electron chi connectivity index (χ4n) is 2.14. The van der Waals surface area contributed by atoms with Crippen LogP contribution in [0, 0.1) is 0 Å². The fourth-order valence-corrected chi connectivity index (χ4v) is 2.14. The van der Waals surface area contributed by atoms with E-state index in [1.807, 2.05) is 13.8 Å². The van der Waals surface area contributed by atoms with Crippen molar-refractivity contribution in [2.24, 2.45) is 0 Å². The molecule has 1 aliphatic rings. The molecule has 0 unspecified atom stereocenters. The van der Waals surface area contributed by atoms with Crippen molar-refractivity contribution >= 4 is 12.4 Å². The summed E-state index contributed by atoms with van der Waals surface area (Å²) in [7, 11) is 0. The molecule has 0 atom stereocenters. The largest absolute Gasteiger partial charge is 0.416 e. The molecule has 0 saturated heterocycles. The van der Waals surface area contributed by atoms with E-state index in [-0.39, 0.29) is 17.8 Å². The molecule has 1 nitrogen and oxygen atoms in total. The van der Waals surface area contributed by atoms with Gasteiger partial charge in [0.25, 0.3) is 0 Å². The van der Waals surface area contributed by atoms with Crippen LogP contribution in [0.15, 0.2) is 18.2 Å². The number of fused-ring (bicyclic) bond motifs is 1. The van der Waals surface area contributed by atoms with E-state index in [4.69, 9.17) is 0 Å². The summed E-state index contributed by atoms with van der Waals surface area (Å²) >= 11 is 0. The molecule has 5 heteroatoms. The highest BCUT2D eigenvalue weighted by atomic mass is 35.5. The second kappa shape index (κ2) is 4.50. The van der Waals surface area contributed by atoms with Gasteiger partial charge in [0.2, 0.25) is 0 Å². The summed E-state index contributed by atoms with van der Waals surface area (Å²) in [6.07, 6.45) is -4.25. The first kappa shape index (κ1) is 14.3. The normalized spacial score (nSPS) is 18.2. The third-order valence-corrected chi connectivity index (χ3v) is 3.05. The van der Waals surface area contributed by atoms with Gasteiger partial charge in [-0.1, -0.05) is 19.9 Å². The van der Waals surface area contributed by atoms with Gasteiger partial charge in [0.15, 0.2) is 0 Å². The first-order valence-corrected chi connectivity index (χ1v) is 5.22. The zero-order valence-electron chi connectivity index (χ0n) is 9.69. The summed E-state index contributed by atoms with van der Waals surface area (Å²) in [6, 6.07) is 4.02. The number of benzene rings is 1. The molecule has 2 rings (SSSR count). The van der Waals surface area contributed by atoms with Crippen molar-refractivity contribution in [3.05, 3.63) is 34.9 Å². The lowest BCUT2D eigenvalue weighted by Gasteiger charge is -2.33. The molecule has 0 spiro atoms. The molecule has 0 amide bonds. The smallest absolute Gasteiger partial charge is 0.312 e. The predicted octanol–water partition coefficient (Wildman–Crippen LogP) is 3.51. The van der Waals surface area contributed by atoms with Crippen LogP contribution in [0.5, 0.6) is 0 Å². The molecular formula is C12H15ClF3N. The Morgan fingerprint density at radius 3 is 2.47 bits per heavy atom. The summed E-state index contributed by atoms with van der Waals surface area (Å²) < 4.78 is 37.8. The van der Waals surface area contributed by atoms with Crippen LogP contribution >= 0.6 is 12.4 Å². The lowest BCUT2D eigenvalue weighted by atomic mass is 9.78. The number of hydrogen-bond donors (Lipinski definition) is 1. The molecule has 1 aliphatic heterocycles. The van der Waals surface area contributed by atoms with Crippen LogP contribution < -0.4 is 5.32 Å². The van der Waals surface area contributed by atoms with Crippen molar-refractivity contribution in [1.82, 2.24) is 5.32 Å². The van der Waals surface area contributed by atoms with E-state index in [2.05, 4.69) is 5.32 Å². The van der Waals surface area contributed by atoms with Gasteiger partial charge in [-0.3, -0.25) is 0 Å². The molecule has 1 aromatic rings. The van der Waals surface area contributed by atoms with Crippen molar-refractivity contribution < 1.29 is 13.2 Å². The van der Waals surface area contributed by atoms with Crippen molar-refractivity contribution in [3.8, 4) is 0 Å². The predicted molar refractivity (Wildman–Crippen MR) is 63.4 cm³/mol. The van der Waals surface area contributed by atoms with Gasteiger partial charge in [-0.2, -0.15) is 13.2 Å². The molecule has 1 aromatic carbocycles. The molecule has 96 valence electrons. The van der Waals surface area contributed by atoms with Gasteiger partial charge in [-0.25, -0.2) is 0 Å². The van der Waals surface area contributed by atoms with Gasteiger partial charge in [0.1, 0.15) is 0 Å². The van der Waals surface area contributed by atoms with Crippen molar-refractivity contribution in [2.75, 3.05) is 6.54 Å². The minimum absolute atomic E-state index is 0. The number of hydrogen-bond acceptors (Lipinski definition) is 1. The summed E-state index contributed by atoms with van der Waals surface area (Å²) in [5.41, 5.74) is 0.973. The Hall–Kier alpha value is -0.740. The average molecular weight is 266 g/mol. The van der Waals surface area contributed by atoms with Crippen LogP contribution in [-0.2, 0) is 18.1 Å². The maximum atomic E-state index is 12.6. The standard InChI is InChI=1S/C12H14F3N.ClH/c1-11(2)7-16-6-8-3-4-9(5-10(8)11)12(13,14)15;/h3-5,16H,6-7H2,1-2H3;1H. The van der Waals surface area contributed by atoms with Crippen molar-refractivity contribution in [1.29, 1.82) is 0 Å². The van der Waals surface area contributed by atoms with Gasteiger partial charge in [0, 0.05) is 18.5 Å². The maximum absolute atomic E-state index is 12.6. The molecule has 0 aliphatic carbocycles.